The molecule has 1 N–H and O–H groups in total. The lowest BCUT2D eigenvalue weighted by atomic mass is 9.86. The topological polar surface area (TPSA) is 55.4 Å². The van der Waals surface area contributed by atoms with Gasteiger partial charge in [-0.3, -0.25) is 0 Å². The van der Waals surface area contributed by atoms with Crippen molar-refractivity contribution < 1.29 is 13.2 Å². The average Bonchev–Trinajstić information content (AvgIpc) is 2.54. The summed E-state index contributed by atoms with van der Waals surface area (Å²) in [5.41, 5.74) is 1.58. The summed E-state index contributed by atoms with van der Waals surface area (Å²) in [5, 5.41) is 0. The smallest absolute Gasteiger partial charge is 0.241 e. The fourth-order valence-corrected chi connectivity index (χ4v) is 3.91. The molecule has 0 aliphatic rings. The molecule has 136 valence electrons. The lowest BCUT2D eigenvalue weighted by Gasteiger charge is -2.24. The Morgan fingerprint density at radius 3 is 2.28 bits per heavy atom. The van der Waals surface area contributed by atoms with Crippen molar-refractivity contribution in [3.05, 3.63) is 59.7 Å². The maximum atomic E-state index is 12.8. The van der Waals surface area contributed by atoms with E-state index in [0.717, 1.165) is 16.9 Å². The molecule has 0 unspecified atom stereocenters. The first-order chi connectivity index (χ1) is 11.6. The van der Waals surface area contributed by atoms with E-state index < -0.39 is 10.0 Å². The normalized spacial score (nSPS) is 13.5. The van der Waals surface area contributed by atoms with E-state index in [-0.39, 0.29) is 16.4 Å². The largest absolute Gasteiger partial charge is 0.494 e. The van der Waals surface area contributed by atoms with Crippen molar-refractivity contribution in [3.63, 3.8) is 0 Å². The van der Waals surface area contributed by atoms with E-state index in [1.165, 1.54) is 0 Å². The monoisotopic (exact) mass is 361 g/mol. The molecule has 0 aliphatic heterocycles. The zero-order valence-corrected chi connectivity index (χ0v) is 16.4. The van der Waals surface area contributed by atoms with Crippen molar-refractivity contribution in [1.82, 2.24) is 4.72 Å². The zero-order chi connectivity index (χ0) is 18.7. The molecule has 0 fully saturated rings. The standard InChI is InChI=1S/C20H27NO3S/c1-6-24-19-13-12-17(14-18(19)20(3,4)5)25(22,23)21-15(2)16-10-8-7-9-11-16/h7-15,21H,6H2,1-5H3/t15-/m1/s1. The van der Waals surface area contributed by atoms with Gasteiger partial charge in [0.1, 0.15) is 5.75 Å². The van der Waals surface area contributed by atoms with Crippen molar-refractivity contribution in [3.8, 4) is 5.75 Å². The van der Waals surface area contributed by atoms with Crippen molar-refractivity contribution in [1.29, 1.82) is 0 Å². The first-order valence-corrected chi connectivity index (χ1v) is 9.98. The Morgan fingerprint density at radius 2 is 1.72 bits per heavy atom. The van der Waals surface area contributed by atoms with Crippen LogP contribution < -0.4 is 9.46 Å². The lowest BCUT2D eigenvalue weighted by Crippen LogP contribution is -2.27. The van der Waals surface area contributed by atoms with Crippen LogP contribution in [-0.4, -0.2) is 15.0 Å². The molecule has 0 bridgehead atoms. The Bertz CT molecular complexity index is 809. The number of rotatable bonds is 6. The van der Waals surface area contributed by atoms with Gasteiger partial charge >= 0.3 is 0 Å². The van der Waals surface area contributed by atoms with Crippen LogP contribution in [0.1, 0.15) is 51.8 Å². The number of nitrogens with one attached hydrogen (secondary N) is 1. The fourth-order valence-electron chi connectivity index (χ4n) is 2.65. The number of hydrogen-bond acceptors (Lipinski definition) is 3. The minimum Gasteiger partial charge on any atom is -0.494 e. The Balaban J connectivity index is 2.36. The second kappa shape index (κ2) is 7.58. The number of benzene rings is 2. The van der Waals surface area contributed by atoms with Crippen LogP contribution in [0.5, 0.6) is 5.75 Å². The van der Waals surface area contributed by atoms with Gasteiger partial charge in [0, 0.05) is 11.6 Å². The highest BCUT2D eigenvalue weighted by molar-refractivity contribution is 7.89. The van der Waals surface area contributed by atoms with E-state index in [2.05, 4.69) is 4.72 Å². The van der Waals surface area contributed by atoms with Crippen LogP contribution in [0.3, 0.4) is 0 Å². The third-order valence-corrected chi connectivity index (χ3v) is 5.54. The third-order valence-electron chi connectivity index (χ3n) is 4.00. The molecule has 2 aromatic carbocycles. The van der Waals surface area contributed by atoms with Crippen molar-refractivity contribution in [2.45, 2.75) is 51.0 Å². The summed E-state index contributed by atoms with van der Waals surface area (Å²) in [5.74, 6) is 0.727. The van der Waals surface area contributed by atoms with Crippen LogP contribution >= 0.6 is 0 Å². The van der Waals surface area contributed by atoms with E-state index in [1.807, 2.05) is 65.0 Å². The van der Waals surface area contributed by atoms with Gasteiger partial charge in [-0.25, -0.2) is 13.1 Å². The molecular weight excluding hydrogens is 334 g/mol. The molecule has 0 radical (unpaired) electrons. The van der Waals surface area contributed by atoms with Gasteiger partial charge < -0.3 is 4.74 Å². The van der Waals surface area contributed by atoms with Crippen molar-refractivity contribution >= 4 is 10.0 Å². The summed E-state index contributed by atoms with van der Waals surface area (Å²) < 4.78 is 34.0. The lowest BCUT2D eigenvalue weighted by molar-refractivity contribution is 0.329. The molecule has 4 nitrogen and oxygen atoms in total. The van der Waals surface area contributed by atoms with Gasteiger partial charge in [0.15, 0.2) is 0 Å². The zero-order valence-electron chi connectivity index (χ0n) is 15.5. The van der Waals surface area contributed by atoms with Gasteiger partial charge in [0.2, 0.25) is 10.0 Å². The molecule has 0 saturated carbocycles. The molecule has 2 rings (SSSR count). The molecule has 25 heavy (non-hydrogen) atoms. The molecule has 0 aromatic heterocycles. The van der Waals surface area contributed by atoms with Gasteiger partial charge in [-0.05, 0) is 43.0 Å². The molecule has 1 atom stereocenters. The van der Waals surface area contributed by atoms with Crippen LogP contribution in [0, 0.1) is 0 Å². The summed E-state index contributed by atoms with van der Waals surface area (Å²) >= 11 is 0. The van der Waals surface area contributed by atoms with Gasteiger partial charge in [-0.15, -0.1) is 0 Å². The van der Waals surface area contributed by atoms with Crippen LogP contribution in [0.4, 0.5) is 0 Å². The Morgan fingerprint density at radius 1 is 1.08 bits per heavy atom. The van der Waals surface area contributed by atoms with E-state index in [4.69, 9.17) is 4.74 Å². The molecule has 0 heterocycles. The highest BCUT2D eigenvalue weighted by Crippen LogP contribution is 2.33. The molecular formula is C20H27NO3S. The first kappa shape index (κ1) is 19.5. The summed E-state index contributed by atoms with van der Waals surface area (Å²) in [7, 11) is -3.63. The molecule has 0 amide bonds. The van der Waals surface area contributed by atoms with Gasteiger partial charge in [-0.1, -0.05) is 51.1 Å². The molecule has 0 aliphatic carbocycles. The summed E-state index contributed by atoms with van der Waals surface area (Å²) in [6.07, 6.45) is 0. The summed E-state index contributed by atoms with van der Waals surface area (Å²) in [4.78, 5) is 0.253. The maximum Gasteiger partial charge on any atom is 0.241 e. The van der Waals surface area contributed by atoms with E-state index in [0.29, 0.717) is 6.61 Å². The quantitative estimate of drug-likeness (QED) is 0.828. The summed E-state index contributed by atoms with van der Waals surface area (Å²) in [6, 6.07) is 14.3. The predicted molar refractivity (Wildman–Crippen MR) is 101 cm³/mol. The fraction of sp³-hybridized carbons (Fsp3) is 0.400. The van der Waals surface area contributed by atoms with Crippen LogP contribution in [0.2, 0.25) is 0 Å². The predicted octanol–water partition coefficient (Wildman–Crippen LogP) is 4.42. The highest BCUT2D eigenvalue weighted by Gasteiger charge is 2.24. The molecule has 0 saturated heterocycles. The van der Waals surface area contributed by atoms with E-state index in [9.17, 15) is 8.42 Å². The first-order valence-electron chi connectivity index (χ1n) is 8.49. The minimum absolute atomic E-state index is 0.221. The second-order valence-corrected chi connectivity index (χ2v) is 8.81. The highest BCUT2D eigenvalue weighted by atomic mass is 32.2. The van der Waals surface area contributed by atoms with E-state index in [1.54, 1.807) is 18.2 Å². The Labute approximate surface area is 151 Å². The van der Waals surface area contributed by atoms with Gasteiger partial charge in [0.05, 0.1) is 11.5 Å². The van der Waals surface area contributed by atoms with Gasteiger partial charge in [-0.2, -0.15) is 0 Å². The average molecular weight is 362 g/mol. The minimum atomic E-state index is -3.63. The number of ether oxygens (including phenoxy) is 1. The number of sulfonamides is 1. The Hall–Kier alpha value is -1.85. The molecule has 0 spiro atoms. The van der Waals surface area contributed by atoms with Crippen molar-refractivity contribution in [2.24, 2.45) is 0 Å². The SMILES string of the molecule is CCOc1ccc(S(=O)(=O)N[C@H](C)c2ccccc2)cc1C(C)(C)C. The van der Waals surface area contributed by atoms with E-state index >= 15 is 0 Å². The third kappa shape index (κ3) is 4.83. The van der Waals surface area contributed by atoms with Crippen LogP contribution in [0.15, 0.2) is 53.4 Å². The van der Waals surface area contributed by atoms with Crippen LogP contribution in [0.25, 0.3) is 0 Å². The van der Waals surface area contributed by atoms with Gasteiger partial charge in [0.25, 0.3) is 0 Å². The Kier molecular flexibility index (Phi) is 5.91. The molecule has 5 heteroatoms. The molecule has 2 aromatic rings. The second-order valence-electron chi connectivity index (χ2n) is 7.09. The maximum absolute atomic E-state index is 12.8. The van der Waals surface area contributed by atoms with Crippen LogP contribution in [-0.2, 0) is 15.4 Å². The number of hydrogen-bond donors (Lipinski definition) is 1. The summed E-state index contributed by atoms with van der Waals surface area (Å²) in [6.45, 7) is 10.4. The van der Waals surface area contributed by atoms with Crippen molar-refractivity contribution in [2.75, 3.05) is 6.61 Å².